The van der Waals surface area contributed by atoms with Crippen LogP contribution in [0.1, 0.15) is 31.1 Å². The van der Waals surface area contributed by atoms with Crippen molar-refractivity contribution in [3.8, 4) is 5.75 Å². The number of nitrogens with one attached hydrogen (secondary N) is 1. The molecule has 0 fully saturated rings. The van der Waals surface area contributed by atoms with Gasteiger partial charge in [-0.25, -0.2) is 13.2 Å². The van der Waals surface area contributed by atoms with Crippen molar-refractivity contribution in [3.05, 3.63) is 23.8 Å². The summed E-state index contributed by atoms with van der Waals surface area (Å²) in [6.45, 7) is 4.68. The molecule has 8 nitrogen and oxygen atoms in total. The highest BCUT2D eigenvalue weighted by molar-refractivity contribution is 7.89. The molecule has 0 unspecified atom stereocenters. The predicted octanol–water partition coefficient (Wildman–Crippen LogP) is 1.39. The van der Waals surface area contributed by atoms with E-state index in [1.807, 2.05) is 0 Å². The summed E-state index contributed by atoms with van der Waals surface area (Å²) < 4.78 is 29.8. The van der Waals surface area contributed by atoms with Gasteiger partial charge in [0.15, 0.2) is 0 Å². The highest BCUT2D eigenvalue weighted by atomic mass is 32.2. The molecule has 0 atom stereocenters. The molecule has 1 aromatic carbocycles. The van der Waals surface area contributed by atoms with Crippen LogP contribution in [0, 0.1) is 0 Å². The molecule has 9 heteroatoms. The van der Waals surface area contributed by atoms with Crippen molar-refractivity contribution < 1.29 is 27.9 Å². The number of likely N-dealkylation sites (N-methyl/N-ethyl adjacent to an activating group) is 1. The molecular formula is C15H22N2O6S. The minimum absolute atomic E-state index is 0.0176. The maximum absolute atomic E-state index is 12.1. The molecule has 0 aliphatic rings. The number of sulfonamides is 1. The summed E-state index contributed by atoms with van der Waals surface area (Å²) in [5.41, 5.74) is 0.159. The van der Waals surface area contributed by atoms with E-state index in [-0.39, 0.29) is 29.7 Å². The number of carbonyl (C=O) groups excluding carboxylic acids is 1. The van der Waals surface area contributed by atoms with E-state index in [9.17, 15) is 18.0 Å². The molecule has 0 radical (unpaired) electrons. The smallest absolute Gasteiger partial charge is 0.335 e. The van der Waals surface area contributed by atoms with Crippen LogP contribution in [-0.2, 0) is 14.8 Å². The minimum Gasteiger partial charge on any atom is -0.489 e. The number of carboxylic acid groups (broad SMARTS) is 1. The molecule has 134 valence electrons. The number of rotatable bonds is 8. The summed E-state index contributed by atoms with van der Waals surface area (Å²) in [6.07, 6.45) is -0.181. The second-order valence-electron chi connectivity index (χ2n) is 5.39. The van der Waals surface area contributed by atoms with Gasteiger partial charge in [0.2, 0.25) is 15.9 Å². The van der Waals surface area contributed by atoms with Crippen LogP contribution in [-0.4, -0.2) is 55.2 Å². The van der Waals surface area contributed by atoms with Crippen LogP contribution in [0.3, 0.4) is 0 Å². The lowest BCUT2D eigenvalue weighted by Crippen LogP contribution is -2.35. The third-order valence-electron chi connectivity index (χ3n) is 3.07. The number of carbonyl (C=O) groups is 2. The molecule has 0 aliphatic heterocycles. The average Bonchev–Trinajstić information content (AvgIpc) is 2.48. The summed E-state index contributed by atoms with van der Waals surface area (Å²) in [6, 6.07) is 4.08. The van der Waals surface area contributed by atoms with E-state index in [0.29, 0.717) is 5.75 Å². The number of carboxylic acids is 1. The van der Waals surface area contributed by atoms with Crippen LogP contribution in [0.5, 0.6) is 5.75 Å². The zero-order valence-corrected chi connectivity index (χ0v) is 14.9. The predicted molar refractivity (Wildman–Crippen MR) is 89.9 cm³/mol. The molecule has 0 saturated heterocycles. The van der Waals surface area contributed by atoms with Gasteiger partial charge in [-0.3, -0.25) is 4.79 Å². The van der Waals surface area contributed by atoms with Gasteiger partial charge in [-0.15, -0.1) is 0 Å². The highest BCUT2D eigenvalue weighted by Crippen LogP contribution is 2.27. The maximum Gasteiger partial charge on any atom is 0.335 e. The van der Waals surface area contributed by atoms with Gasteiger partial charge in [0.25, 0.3) is 0 Å². The van der Waals surface area contributed by atoms with Crippen LogP contribution in [0.4, 0.5) is 5.69 Å². The molecule has 0 aliphatic carbocycles. The number of anilines is 1. The van der Waals surface area contributed by atoms with E-state index in [2.05, 4.69) is 5.32 Å². The Labute approximate surface area is 141 Å². The summed E-state index contributed by atoms with van der Waals surface area (Å²) in [4.78, 5) is 23.2. The molecule has 0 bridgehead atoms. The Hall–Kier alpha value is -2.13. The number of amides is 1. The molecule has 0 aromatic heterocycles. The zero-order chi connectivity index (χ0) is 18.5. The molecule has 1 rings (SSSR count). The highest BCUT2D eigenvalue weighted by Gasteiger charge is 2.20. The van der Waals surface area contributed by atoms with Gasteiger partial charge in [-0.05, 0) is 39.0 Å². The SMILES string of the molecule is CCS(=O)(=O)N(C)CC(=O)Nc1cc(C(=O)O)ccc1OC(C)C. The lowest BCUT2D eigenvalue weighted by molar-refractivity contribution is -0.116. The van der Waals surface area contributed by atoms with Crippen molar-refractivity contribution in [2.75, 3.05) is 24.7 Å². The lowest BCUT2D eigenvalue weighted by Gasteiger charge is -2.18. The number of hydrogen-bond acceptors (Lipinski definition) is 5. The van der Waals surface area contributed by atoms with E-state index in [1.165, 1.54) is 32.2 Å². The van der Waals surface area contributed by atoms with E-state index < -0.39 is 21.9 Å². The molecular weight excluding hydrogens is 336 g/mol. The van der Waals surface area contributed by atoms with Gasteiger partial charge in [0.05, 0.1) is 29.7 Å². The van der Waals surface area contributed by atoms with Crippen molar-refractivity contribution in [1.82, 2.24) is 4.31 Å². The summed E-state index contributed by atoms with van der Waals surface area (Å²) in [7, 11) is -2.19. The molecule has 2 N–H and O–H groups in total. The van der Waals surface area contributed by atoms with E-state index >= 15 is 0 Å². The Balaban J connectivity index is 3.00. The third-order valence-corrected chi connectivity index (χ3v) is 4.88. The average molecular weight is 358 g/mol. The Morgan fingerprint density at radius 3 is 2.46 bits per heavy atom. The van der Waals surface area contributed by atoms with E-state index in [0.717, 1.165) is 4.31 Å². The number of hydrogen-bond donors (Lipinski definition) is 2. The molecule has 0 heterocycles. The van der Waals surface area contributed by atoms with Crippen molar-refractivity contribution in [3.63, 3.8) is 0 Å². The molecule has 1 amide bonds. The lowest BCUT2D eigenvalue weighted by atomic mass is 10.2. The first kappa shape index (κ1) is 19.9. The van der Waals surface area contributed by atoms with Crippen molar-refractivity contribution >= 4 is 27.6 Å². The maximum atomic E-state index is 12.1. The second kappa shape index (κ2) is 8.11. The summed E-state index contributed by atoms with van der Waals surface area (Å²) >= 11 is 0. The zero-order valence-electron chi connectivity index (χ0n) is 14.1. The largest absolute Gasteiger partial charge is 0.489 e. The van der Waals surface area contributed by atoms with Crippen molar-refractivity contribution in [2.45, 2.75) is 26.9 Å². The molecule has 0 saturated carbocycles. The first-order valence-electron chi connectivity index (χ1n) is 7.34. The van der Waals surface area contributed by atoms with Gasteiger partial charge in [-0.1, -0.05) is 0 Å². The first-order chi connectivity index (χ1) is 11.1. The summed E-state index contributed by atoms with van der Waals surface area (Å²) in [5, 5.41) is 11.6. The third kappa shape index (κ3) is 5.50. The fourth-order valence-electron chi connectivity index (χ4n) is 1.83. The van der Waals surface area contributed by atoms with Crippen molar-refractivity contribution in [1.29, 1.82) is 0 Å². The fraction of sp³-hybridized carbons (Fsp3) is 0.467. The van der Waals surface area contributed by atoms with Gasteiger partial charge < -0.3 is 15.2 Å². The first-order valence-corrected chi connectivity index (χ1v) is 8.95. The Kier molecular flexibility index (Phi) is 6.73. The topological polar surface area (TPSA) is 113 Å². The monoisotopic (exact) mass is 358 g/mol. The van der Waals surface area contributed by atoms with Crippen LogP contribution in [0.15, 0.2) is 18.2 Å². The number of aromatic carboxylic acids is 1. The van der Waals surface area contributed by atoms with Gasteiger partial charge in [0, 0.05) is 7.05 Å². The van der Waals surface area contributed by atoms with Crippen LogP contribution >= 0.6 is 0 Å². The van der Waals surface area contributed by atoms with Gasteiger partial charge in [-0.2, -0.15) is 4.31 Å². The van der Waals surface area contributed by atoms with E-state index in [4.69, 9.17) is 9.84 Å². The second-order valence-corrected chi connectivity index (χ2v) is 7.75. The van der Waals surface area contributed by atoms with Crippen molar-refractivity contribution in [2.24, 2.45) is 0 Å². The number of nitrogens with zero attached hydrogens (tertiary/aromatic N) is 1. The fourth-order valence-corrected chi connectivity index (χ4v) is 2.58. The minimum atomic E-state index is -3.49. The normalized spacial score (nSPS) is 11.6. The van der Waals surface area contributed by atoms with E-state index in [1.54, 1.807) is 13.8 Å². The van der Waals surface area contributed by atoms with Gasteiger partial charge >= 0.3 is 5.97 Å². The van der Waals surface area contributed by atoms with Crippen LogP contribution in [0.2, 0.25) is 0 Å². The Morgan fingerprint density at radius 1 is 1.33 bits per heavy atom. The molecule has 24 heavy (non-hydrogen) atoms. The standard InChI is InChI=1S/C15H22N2O6S/c1-5-24(21,22)17(4)9-14(18)16-12-8-11(15(19)20)6-7-13(12)23-10(2)3/h6-8,10H,5,9H2,1-4H3,(H,16,18)(H,19,20). The molecule has 0 spiro atoms. The van der Waals surface area contributed by atoms with Gasteiger partial charge in [0.1, 0.15) is 5.75 Å². The molecule has 1 aromatic rings. The number of ether oxygens (including phenoxy) is 1. The van der Waals surface area contributed by atoms with Crippen LogP contribution in [0.25, 0.3) is 0 Å². The summed E-state index contributed by atoms with van der Waals surface area (Å²) in [5.74, 6) is -1.55. The Bertz CT molecular complexity index is 715. The number of benzene rings is 1. The van der Waals surface area contributed by atoms with Crippen LogP contribution < -0.4 is 10.1 Å². The Morgan fingerprint density at radius 2 is 1.96 bits per heavy atom. The quantitative estimate of drug-likeness (QED) is 0.726.